The van der Waals surface area contributed by atoms with Gasteiger partial charge in [0, 0.05) is 7.05 Å². The van der Waals surface area contributed by atoms with Gasteiger partial charge in [-0.15, -0.1) is 0 Å². The number of ether oxygens (including phenoxy) is 2. The number of nitrogens with zero attached hydrogens (tertiary/aromatic N) is 4. The molecule has 2 rings (SSSR count). The van der Waals surface area contributed by atoms with Gasteiger partial charge in [-0.2, -0.15) is 15.0 Å². The van der Waals surface area contributed by atoms with Crippen molar-refractivity contribution >= 4 is 17.6 Å². The van der Waals surface area contributed by atoms with E-state index < -0.39 is 0 Å². The van der Waals surface area contributed by atoms with Crippen molar-refractivity contribution in [1.82, 2.24) is 15.0 Å². The number of anilines is 3. The van der Waals surface area contributed by atoms with E-state index in [-0.39, 0.29) is 12.0 Å². The predicted octanol–water partition coefficient (Wildman–Crippen LogP) is 1.63. The van der Waals surface area contributed by atoms with Crippen molar-refractivity contribution in [2.24, 2.45) is 0 Å². The summed E-state index contributed by atoms with van der Waals surface area (Å²) in [7, 11) is 3.43. The smallest absolute Gasteiger partial charge is 0.323 e. The minimum Gasteiger partial charge on any atom is -0.495 e. The van der Waals surface area contributed by atoms with E-state index in [2.05, 4.69) is 15.0 Å². The van der Waals surface area contributed by atoms with E-state index >= 15 is 0 Å². The van der Waals surface area contributed by atoms with Gasteiger partial charge in [-0.05, 0) is 19.1 Å². The van der Waals surface area contributed by atoms with Gasteiger partial charge in [0.15, 0.2) is 0 Å². The zero-order valence-corrected chi connectivity index (χ0v) is 11.7. The van der Waals surface area contributed by atoms with Crippen molar-refractivity contribution in [3.05, 3.63) is 24.3 Å². The number of nitrogen functional groups attached to an aromatic ring is 1. The maximum atomic E-state index is 5.68. The lowest BCUT2D eigenvalue weighted by Crippen LogP contribution is -2.16. The average molecular weight is 275 g/mol. The second-order valence-corrected chi connectivity index (χ2v) is 3.94. The van der Waals surface area contributed by atoms with Crippen LogP contribution in [0.2, 0.25) is 0 Å². The highest BCUT2D eigenvalue weighted by Gasteiger charge is 2.14. The molecule has 0 aliphatic heterocycles. The molecule has 0 amide bonds. The molecule has 0 aliphatic carbocycles. The number of hydrogen-bond donors (Lipinski definition) is 1. The summed E-state index contributed by atoms with van der Waals surface area (Å²) in [6, 6.07) is 7.77. The highest BCUT2D eigenvalue weighted by Crippen LogP contribution is 2.30. The number of aromatic nitrogens is 3. The molecule has 20 heavy (non-hydrogen) atoms. The Morgan fingerprint density at radius 2 is 1.95 bits per heavy atom. The third-order valence-corrected chi connectivity index (χ3v) is 2.64. The molecule has 7 heteroatoms. The molecule has 0 saturated heterocycles. The quantitative estimate of drug-likeness (QED) is 0.887. The number of para-hydroxylation sites is 2. The van der Waals surface area contributed by atoms with Gasteiger partial charge in [-0.25, -0.2) is 0 Å². The Bertz CT molecular complexity index is 591. The molecular weight excluding hydrogens is 258 g/mol. The van der Waals surface area contributed by atoms with Crippen LogP contribution in [0, 0.1) is 0 Å². The highest BCUT2D eigenvalue weighted by molar-refractivity contribution is 5.65. The van der Waals surface area contributed by atoms with E-state index in [1.807, 2.05) is 38.2 Å². The number of nitrogens with two attached hydrogens (primary N) is 1. The van der Waals surface area contributed by atoms with E-state index in [0.717, 1.165) is 5.69 Å². The number of hydrogen-bond acceptors (Lipinski definition) is 7. The molecule has 1 aromatic heterocycles. The van der Waals surface area contributed by atoms with Gasteiger partial charge in [0.1, 0.15) is 5.75 Å². The summed E-state index contributed by atoms with van der Waals surface area (Å²) in [6.07, 6.45) is 0. The molecule has 106 valence electrons. The van der Waals surface area contributed by atoms with Crippen LogP contribution in [-0.4, -0.2) is 35.7 Å². The van der Waals surface area contributed by atoms with Gasteiger partial charge < -0.3 is 20.1 Å². The lowest BCUT2D eigenvalue weighted by Gasteiger charge is -2.20. The fourth-order valence-electron chi connectivity index (χ4n) is 1.72. The van der Waals surface area contributed by atoms with E-state index in [1.54, 1.807) is 12.0 Å². The normalized spacial score (nSPS) is 10.2. The third kappa shape index (κ3) is 2.87. The first-order valence-corrected chi connectivity index (χ1v) is 6.16. The van der Waals surface area contributed by atoms with E-state index in [0.29, 0.717) is 18.3 Å². The van der Waals surface area contributed by atoms with Crippen molar-refractivity contribution in [3.63, 3.8) is 0 Å². The Hall–Kier alpha value is -2.57. The highest BCUT2D eigenvalue weighted by atomic mass is 16.5. The fourth-order valence-corrected chi connectivity index (χ4v) is 1.72. The molecule has 1 heterocycles. The Kier molecular flexibility index (Phi) is 4.19. The van der Waals surface area contributed by atoms with Crippen LogP contribution in [0.4, 0.5) is 17.6 Å². The van der Waals surface area contributed by atoms with Gasteiger partial charge in [-0.3, -0.25) is 0 Å². The van der Waals surface area contributed by atoms with Crippen LogP contribution in [-0.2, 0) is 0 Å². The van der Waals surface area contributed by atoms with Gasteiger partial charge in [0.05, 0.1) is 19.4 Å². The first kappa shape index (κ1) is 13.9. The zero-order chi connectivity index (χ0) is 14.5. The molecule has 0 radical (unpaired) electrons. The molecule has 7 nitrogen and oxygen atoms in total. The molecule has 0 fully saturated rings. The van der Waals surface area contributed by atoms with Crippen LogP contribution in [0.25, 0.3) is 0 Å². The summed E-state index contributed by atoms with van der Waals surface area (Å²) in [5.74, 6) is 1.22. The van der Waals surface area contributed by atoms with E-state index in [1.165, 1.54) is 0 Å². The van der Waals surface area contributed by atoms with Gasteiger partial charge >= 0.3 is 6.01 Å². The molecule has 0 saturated carbocycles. The van der Waals surface area contributed by atoms with Gasteiger partial charge in [0.25, 0.3) is 0 Å². The SMILES string of the molecule is CCOc1nc(N)nc(N(C)c2ccccc2OC)n1. The number of methoxy groups -OCH3 is 1. The summed E-state index contributed by atoms with van der Waals surface area (Å²) < 4.78 is 10.6. The molecular formula is C13H17N5O2. The van der Waals surface area contributed by atoms with Crippen molar-refractivity contribution in [2.45, 2.75) is 6.92 Å². The van der Waals surface area contributed by atoms with Crippen LogP contribution >= 0.6 is 0 Å². The second-order valence-electron chi connectivity index (χ2n) is 3.94. The van der Waals surface area contributed by atoms with Gasteiger partial charge in [0.2, 0.25) is 11.9 Å². The van der Waals surface area contributed by atoms with Gasteiger partial charge in [-0.1, -0.05) is 12.1 Å². The molecule has 0 unspecified atom stereocenters. The van der Waals surface area contributed by atoms with Crippen molar-refractivity contribution in [1.29, 1.82) is 0 Å². The summed E-state index contributed by atoms with van der Waals surface area (Å²) in [6.45, 7) is 2.31. The zero-order valence-electron chi connectivity index (χ0n) is 11.7. The minimum absolute atomic E-state index is 0.111. The Morgan fingerprint density at radius 1 is 1.20 bits per heavy atom. The van der Waals surface area contributed by atoms with Crippen LogP contribution in [0.15, 0.2) is 24.3 Å². The van der Waals surface area contributed by atoms with Crippen molar-refractivity contribution < 1.29 is 9.47 Å². The minimum atomic E-state index is 0.111. The number of rotatable bonds is 5. The lowest BCUT2D eigenvalue weighted by molar-refractivity contribution is 0.312. The summed E-state index contributed by atoms with van der Waals surface area (Å²) >= 11 is 0. The van der Waals surface area contributed by atoms with Crippen LogP contribution in [0.1, 0.15) is 6.92 Å². The molecule has 0 atom stereocenters. The van der Waals surface area contributed by atoms with E-state index in [4.69, 9.17) is 15.2 Å². The number of benzene rings is 1. The van der Waals surface area contributed by atoms with E-state index in [9.17, 15) is 0 Å². The molecule has 2 N–H and O–H groups in total. The first-order chi connectivity index (χ1) is 9.65. The standard InChI is InChI=1S/C13H17N5O2/c1-4-20-13-16-11(14)15-12(17-13)18(2)9-7-5-6-8-10(9)19-3/h5-8H,4H2,1-3H3,(H2,14,15,16,17). The third-order valence-electron chi connectivity index (χ3n) is 2.64. The lowest BCUT2D eigenvalue weighted by atomic mass is 10.3. The van der Waals surface area contributed by atoms with Crippen LogP contribution in [0.5, 0.6) is 11.8 Å². The fraction of sp³-hybridized carbons (Fsp3) is 0.308. The second kappa shape index (κ2) is 6.05. The summed E-state index contributed by atoms with van der Waals surface area (Å²) in [5, 5.41) is 0. The van der Waals surface area contributed by atoms with Crippen LogP contribution in [0.3, 0.4) is 0 Å². The van der Waals surface area contributed by atoms with Crippen molar-refractivity contribution in [3.8, 4) is 11.8 Å². The molecule has 0 aliphatic rings. The Morgan fingerprint density at radius 3 is 2.65 bits per heavy atom. The molecule has 2 aromatic rings. The molecule has 1 aromatic carbocycles. The topological polar surface area (TPSA) is 86.4 Å². The summed E-state index contributed by atoms with van der Waals surface area (Å²) in [4.78, 5) is 14.0. The predicted molar refractivity (Wildman–Crippen MR) is 76.5 cm³/mol. The largest absolute Gasteiger partial charge is 0.495 e. The van der Waals surface area contributed by atoms with Crippen LogP contribution < -0.4 is 20.1 Å². The Balaban J connectivity index is 2.39. The monoisotopic (exact) mass is 275 g/mol. The maximum absolute atomic E-state index is 5.68. The molecule has 0 bridgehead atoms. The molecule has 0 spiro atoms. The summed E-state index contributed by atoms with van der Waals surface area (Å²) in [5.41, 5.74) is 6.50. The maximum Gasteiger partial charge on any atom is 0.323 e. The first-order valence-electron chi connectivity index (χ1n) is 6.16. The van der Waals surface area contributed by atoms with Crippen molar-refractivity contribution in [2.75, 3.05) is 31.4 Å². The Labute approximate surface area is 117 Å². The average Bonchev–Trinajstić information content (AvgIpc) is 2.46.